The van der Waals surface area contributed by atoms with Crippen LogP contribution in [0.15, 0.2) is 23.2 Å². The lowest BCUT2D eigenvalue weighted by Crippen LogP contribution is -2.39. The Labute approximate surface area is 149 Å². The zero-order valence-electron chi connectivity index (χ0n) is 13.6. The van der Waals surface area contributed by atoms with Crippen molar-refractivity contribution in [2.75, 3.05) is 34.2 Å². The van der Waals surface area contributed by atoms with Gasteiger partial charge in [0, 0.05) is 38.8 Å². The summed E-state index contributed by atoms with van der Waals surface area (Å²) in [6.45, 7) is 3.41. The quantitative estimate of drug-likeness (QED) is 0.462. The van der Waals surface area contributed by atoms with Crippen molar-refractivity contribution in [2.45, 2.75) is 25.9 Å². The van der Waals surface area contributed by atoms with Crippen molar-refractivity contribution >= 4 is 29.9 Å². The maximum absolute atomic E-state index is 13.8. The van der Waals surface area contributed by atoms with Crippen LogP contribution < -0.4 is 5.32 Å². The van der Waals surface area contributed by atoms with E-state index in [4.69, 9.17) is 0 Å². The molecule has 0 radical (unpaired) electrons. The number of hydrogen-bond acceptors (Lipinski definition) is 2. The van der Waals surface area contributed by atoms with Crippen LogP contribution >= 0.6 is 24.0 Å². The summed E-state index contributed by atoms with van der Waals surface area (Å²) in [5.74, 6) is 0.794. The van der Waals surface area contributed by atoms with Gasteiger partial charge in [0.15, 0.2) is 5.96 Å². The van der Waals surface area contributed by atoms with Gasteiger partial charge in [-0.2, -0.15) is 0 Å². The number of likely N-dealkylation sites (tertiary alicyclic amines) is 1. The molecular weight excluding hydrogens is 394 g/mol. The Morgan fingerprint density at radius 2 is 2.00 bits per heavy atom. The highest BCUT2D eigenvalue weighted by molar-refractivity contribution is 14.0. The third-order valence-corrected chi connectivity index (χ3v) is 3.66. The predicted molar refractivity (Wildman–Crippen MR) is 100 cm³/mol. The molecule has 0 bridgehead atoms. The van der Waals surface area contributed by atoms with E-state index in [1.54, 1.807) is 6.07 Å². The minimum Gasteiger partial charge on any atom is -0.352 e. The molecule has 0 spiro atoms. The minimum absolute atomic E-state index is 0. The molecule has 1 aromatic carbocycles. The number of nitrogens with one attached hydrogen (secondary N) is 1. The number of hydrogen-bond donors (Lipinski definition) is 1. The summed E-state index contributed by atoms with van der Waals surface area (Å²) in [4.78, 5) is 8.56. The van der Waals surface area contributed by atoms with Crippen molar-refractivity contribution in [3.05, 3.63) is 35.1 Å². The Morgan fingerprint density at radius 1 is 1.32 bits per heavy atom. The zero-order chi connectivity index (χ0) is 15.2. The third kappa shape index (κ3) is 5.39. The molecule has 0 atom stereocenters. The number of aliphatic imine (C=N–C) groups is 1. The molecule has 1 heterocycles. The fourth-order valence-electron chi connectivity index (χ4n) is 2.64. The number of halogens is 2. The lowest BCUT2D eigenvalue weighted by molar-refractivity contribution is 0.392. The minimum atomic E-state index is -0.142. The van der Waals surface area contributed by atoms with E-state index in [0.29, 0.717) is 13.1 Å². The van der Waals surface area contributed by atoms with Gasteiger partial charge in [0.1, 0.15) is 5.82 Å². The van der Waals surface area contributed by atoms with Crippen LogP contribution in [-0.2, 0) is 13.1 Å². The van der Waals surface area contributed by atoms with E-state index in [1.807, 2.05) is 38.2 Å². The summed E-state index contributed by atoms with van der Waals surface area (Å²) >= 11 is 0. The molecule has 1 aliphatic rings. The Morgan fingerprint density at radius 3 is 2.59 bits per heavy atom. The molecule has 2 rings (SSSR count). The van der Waals surface area contributed by atoms with Crippen LogP contribution in [0.25, 0.3) is 0 Å². The number of benzene rings is 1. The van der Waals surface area contributed by atoms with Crippen LogP contribution in [0.1, 0.15) is 24.0 Å². The first kappa shape index (κ1) is 19.2. The van der Waals surface area contributed by atoms with Crippen molar-refractivity contribution in [2.24, 2.45) is 4.99 Å². The van der Waals surface area contributed by atoms with Crippen LogP contribution in [0.4, 0.5) is 4.39 Å². The normalized spacial score (nSPS) is 15.1. The van der Waals surface area contributed by atoms with E-state index in [2.05, 4.69) is 15.2 Å². The third-order valence-electron chi connectivity index (χ3n) is 3.66. The number of nitrogens with zero attached hydrogens (tertiary/aromatic N) is 3. The molecule has 1 saturated heterocycles. The highest BCUT2D eigenvalue weighted by Gasteiger charge is 2.15. The smallest absolute Gasteiger partial charge is 0.193 e. The SMILES string of the molecule is CN=C(NCc1ccc(F)c(CN(C)C)c1)N1CCCC1.I. The van der Waals surface area contributed by atoms with Crippen molar-refractivity contribution in [3.63, 3.8) is 0 Å². The van der Waals surface area contributed by atoms with Gasteiger partial charge < -0.3 is 15.1 Å². The largest absolute Gasteiger partial charge is 0.352 e. The first-order valence-corrected chi connectivity index (χ1v) is 7.48. The lowest BCUT2D eigenvalue weighted by Gasteiger charge is -2.21. The molecule has 0 aliphatic carbocycles. The van der Waals surface area contributed by atoms with E-state index in [1.165, 1.54) is 12.8 Å². The maximum Gasteiger partial charge on any atom is 0.193 e. The fraction of sp³-hybridized carbons (Fsp3) is 0.562. The van der Waals surface area contributed by atoms with E-state index < -0.39 is 0 Å². The molecule has 0 amide bonds. The molecule has 124 valence electrons. The van der Waals surface area contributed by atoms with E-state index in [-0.39, 0.29) is 29.8 Å². The summed E-state index contributed by atoms with van der Waals surface area (Å²) in [5, 5.41) is 3.37. The Kier molecular flexibility index (Phi) is 8.09. The lowest BCUT2D eigenvalue weighted by atomic mass is 10.1. The van der Waals surface area contributed by atoms with Gasteiger partial charge in [-0.15, -0.1) is 24.0 Å². The molecule has 1 aromatic rings. The highest BCUT2D eigenvalue weighted by Crippen LogP contribution is 2.13. The van der Waals surface area contributed by atoms with Crippen molar-refractivity contribution in [1.29, 1.82) is 0 Å². The summed E-state index contributed by atoms with van der Waals surface area (Å²) < 4.78 is 13.8. The van der Waals surface area contributed by atoms with Gasteiger partial charge in [-0.3, -0.25) is 4.99 Å². The van der Waals surface area contributed by atoms with Gasteiger partial charge in [0.05, 0.1) is 0 Å². The van der Waals surface area contributed by atoms with Crippen LogP contribution in [0, 0.1) is 5.82 Å². The number of rotatable bonds is 4. The van der Waals surface area contributed by atoms with Crippen LogP contribution in [0.5, 0.6) is 0 Å². The molecule has 1 N–H and O–H groups in total. The van der Waals surface area contributed by atoms with Crippen LogP contribution in [0.3, 0.4) is 0 Å². The summed E-state index contributed by atoms with van der Waals surface area (Å²) in [6, 6.07) is 5.31. The van der Waals surface area contributed by atoms with Gasteiger partial charge in [0.25, 0.3) is 0 Å². The Balaban J connectivity index is 0.00000242. The molecular formula is C16H26FIN4. The van der Waals surface area contributed by atoms with Crippen molar-refractivity contribution < 1.29 is 4.39 Å². The molecule has 22 heavy (non-hydrogen) atoms. The Bertz CT molecular complexity index is 499. The van der Waals surface area contributed by atoms with E-state index in [9.17, 15) is 4.39 Å². The summed E-state index contributed by atoms with van der Waals surface area (Å²) in [5.41, 5.74) is 1.81. The molecule has 4 nitrogen and oxygen atoms in total. The number of guanidine groups is 1. The summed E-state index contributed by atoms with van der Waals surface area (Å²) in [7, 11) is 5.70. The van der Waals surface area contributed by atoms with Crippen LogP contribution in [-0.4, -0.2) is 50.0 Å². The maximum atomic E-state index is 13.8. The van der Waals surface area contributed by atoms with Crippen LogP contribution in [0.2, 0.25) is 0 Å². The summed E-state index contributed by atoms with van der Waals surface area (Å²) in [6.07, 6.45) is 2.45. The molecule has 0 saturated carbocycles. The molecule has 0 unspecified atom stereocenters. The first-order valence-electron chi connectivity index (χ1n) is 7.48. The van der Waals surface area contributed by atoms with Gasteiger partial charge in [-0.05, 0) is 44.6 Å². The Hall–Kier alpha value is -0.890. The highest BCUT2D eigenvalue weighted by atomic mass is 127. The average molecular weight is 420 g/mol. The van der Waals surface area contributed by atoms with E-state index in [0.717, 1.165) is 30.2 Å². The topological polar surface area (TPSA) is 30.9 Å². The standard InChI is InChI=1S/C16H25FN4.HI/c1-18-16(21-8-4-5-9-21)19-11-13-6-7-15(17)14(10-13)12-20(2)3;/h6-7,10H,4-5,8-9,11-12H2,1-3H3,(H,18,19);1H. The molecule has 0 aromatic heterocycles. The van der Waals surface area contributed by atoms with Gasteiger partial charge in [-0.1, -0.05) is 6.07 Å². The molecule has 1 aliphatic heterocycles. The second-order valence-electron chi connectivity index (χ2n) is 5.76. The average Bonchev–Trinajstić information content (AvgIpc) is 2.96. The zero-order valence-corrected chi connectivity index (χ0v) is 15.9. The van der Waals surface area contributed by atoms with Gasteiger partial charge in [0.2, 0.25) is 0 Å². The molecule has 1 fully saturated rings. The second kappa shape index (κ2) is 9.29. The van der Waals surface area contributed by atoms with Gasteiger partial charge >= 0.3 is 0 Å². The van der Waals surface area contributed by atoms with E-state index >= 15 is 0 Å². The first-order chi connectivity index (χ1) is 10.1. The molecule has 6 heteroatoms. The van der Waals surface area contributed by atoms with Crippen molar-refractivity contribution in [3.8, 4) is 0 Å². The second-order valence-corrected chi connectivity index (χ2v) is 5.76. The fourth-order valence-corrected chi connectivity index (χ4v) is 2.64. The van der Waals surface area contributed by atoms with Gasteiger partial charge in [-0.25, -0.2) is 4.39 Å². The monoisotopic (exact) mass is 420 g/mol. The predicted octanol–water partition coefficient (Wildman–Crippen LogP) is 2.68. The van der Waals surface area contributed by atoms with Crippen molar-refractivity contribution in [1.82, 2.24) is 15.1 Å².